The number of nitrogens with zero attached hydrogens (tertiary/aromatic N) is 4. The summed E-state index contributed by atoms with van der Waals surface area (Å²) in [5.74, 6) is -0.451. The molecule has 0 fully saturated rings. The van der Waals surface area contributed by atoms with Gasteiger partial charge >= 0.3 is 0 Å². The molecule has 9 nitrogen and oxygen atoms in total. The Morgan fingerprint density at radius 2 is 2.03 bits per heavy atom. The molecule has 152 valence electrons. The van der Waals surface area contributed by atoms with E-state index >= 15 is 0 Å². The molecular weight excluding hydrogens is 393 g/mol. The Labute approximate surface area is 169 Å². The van der Waals surface area contributed by atoms with Crippen LogP contribution < -0.4 is 5.32 Å². The zero-order chi connectivity index (χ0) is 21.3. The summed E-state index contributed by atoms with van der Waals surface area (Å²) in [6.07, 6.45) is -0.677. The maximum Gasteiger partial charge on any atom is 0.269 e. The van der Waals surface area contributed by atoms with Crippen molar-refractivity contribution in [2.24, 2.45) is 5.16 Å². The number of nitrogens with one attached hydrogen (secondary N) is 1. The number of non-ortho nitro benzene ring substituents is 1. The predicted molar refractivity (Wildman–Crippen MR) is 106 cm³/mol. The van der Waals surface area contributed by atoms with E-state index in [1.807, 2.05) is 0 Å². The average molecular weight is 409 g/mol. The number of aromatic nitrogens is 2. The van der Waals surface area contributed by atoms with E-state index in [1.54, 1.807) is 25.1 Å². The van der Waals surface area contributed by atoms with Crippen LogP contribution in [0.3, 0.4) is 0 Å². The van der Waals surface area contributed by atoms with E-state index in [2.05, 4.69) is 15.6 Å². The fourth-order valence-corrected chi connectivity index (χ4v) is 3.06. The van der Waals surface area contributed by atoms with Crippen LogP contribution >= 0.6 is 0 Å². The van der Waals surface area contributed by atoms with Crippen molar-refractivity contribution in [2.75, 3.05) is 5.32 Å². The minimum atomic E-state index is -0.871. The molecule has 2 heterocycles. The van der Waals surface area contributed by atoms with E-state index in [-0.39, 0.29) is 12.1 Å². The maximum absolute atomic E-state index is 13.4. The van der Waals surface area contributed by atoms with E-state index in [4.69, 9.17) is 4.84 Å². The lowest BCUT2D eigenvalue weighted by atomic mass is 10.0. The molecule has 0 bridgehead atoms. The Morgan fingerprint density at radius 3 is 2.73 bits per heavy atom. The first-order valence-corrected chi connectivity index (χ1v) is 9.02. The van der Waals surface area contributed by atoms with Crippen LogP contribution in [0.5, 0.6) is 0 Å². The second kappa shape index (κ2) is 7.74. The highest BCUT2D eigenvalue weighted by molar-refractivity contribution is 6.06. The molecule has 0 saturated heterocycles. The number of rotatable bonds is 5. The van der Waals surface area contributed by atoms with Crippen molar-refractivity contribution < 1.29 is 18.9 Å². The van der Waals surface area contributed by atoms with Crippen LogP contribution in [0, 0.1) is 22.9 Å². The number of oxime groups is 1. The molecule has 30 heavy (non-hydrogen) atoms. The number of hydrogen-bond acceptors (Lipinski definition) is 6. The number of aryl methyl sites for hydroxylation is 1. The number of carbonyl (C=O) groups is 1. The Balaban J connectivity index is 1.49. The molecule has 1 amide bonds. The van der Waals surface area contributed by atoms with Gasteiger partial charge in [-0.3, -0.25) is 14.9 Å². The quantitative estimate of drug-likeness (QED) is 0.513. The number of amides is 1. The van der Waals surface area contributed by atoms with E-state index < -0.39 is 22.8 Å². The van der Waals surface area contributed by atoms with E-state index in [0.717, 1.165) is 0 Å². The van der Waals surface area contributed by atoms with Gasteiger partial charge in [0.2, 0.25) is 6.10 Å². The lowest BCUT2D eigenvalue weighted by molar-refractivity contribution is -0.384. The molecule has 1 aliphatic heterocycles. The Bertz CT molecular complexity index is 1160. The molecule has 10 heteroatoms. The van der Waals surface area contributed by atoms with Crippen molar-refractivity contribution in [3.63, 3.8) is 0 Å². The topological polar surface area (TPSA) is 112 Å². The highest BCUT2D eigenvalue weighted by Crippen LogP contribution is 2.22. The smallest absolute Gasteiger partial charge is 0.269 e. The number of halogens is 1. The maximum atomic E-state index is 13.4. The summed E-state index contributed by atoms with van der Waals surface area (Å²) in [6.45, 7) is 1.76. The third kappa shape index (κ3) is 3.88. The van der Waals surface area contributed by atoms with Crippen LogP contribution in [0.2, 0.25) is 0 Å². The van der Waals surface area contributed by atoms with Crippen molar-refractivity contribution in [1.82, 2.24) is 9.78 Å². The Morgan fingerprint density at radius 1 is 1.27 bits per heavy atom. The summed E-state index contributed by atoms with van der Waals surface area (Å²) in [5, 5.41) is 21.8. The van der Waals surface area contributed by atoms with Crippen LogP contribution in [-0.4, -0.2) is 32.4 Å². The zero-order valence-electron chi connectivity index (χ0n) is 15.8. The summed E-state index contributed by atoms with van der Waals surface area (Å²) in [7, 11) is 0. The van der Waals surface area contributed by atoms with Gasteiger partial charge in [-0.15, -0.1) is 0 Å². The molecule has 2 aromatic carbocycles. The van der Waals surface area contributed by atoms with Gasteiger partial charge in [0, 0.05) is 30.2 Å². The minimum Gasteiger partial charge on any atom is -0.382 e. The largest absolute Gasteiger partial charge is 0.382 e. The molecule has 4 rings (SSSR count). The number of nitro benzene ring substituents is 1. The molecule has 1 atom stereocenters. The fraction of sp³-hybridized carbons (Fsp3) is 0.150. The van der Waals surface area contributed by atoms with Gasteiger partial charge in [0.1, 0.15) is 11.6 Å². The van der Waals surface area contributed by atoms with Crippen molar-refractivity contribution in [2.45, 2.75) is 19.4 Å². The third-order valence-electron chi connectivity index (χ3n) is 4.51. The molecule has 1 aliphatic rings. The molecular formula is C20H16FN5O4. The lowest BCUT2D eigenvalue weighted by Gasteiger charge is -2.11. The second-order valence-corrected chi connectivity index (χ2v) is 6.69. The summed E-state index contributed by atoms with van der Waals surface area (Å²) >= 11 is 0. The van der Waals surface area contributed by atoms with Gasteiger partial charge in [-0.2, -0.15) is 5.10 Å². The molecule has 0 aliphatic carbocycles. The number of hydrogen-bond donors (Lipinski definition) is 1. The normalized spacial score (nSPS) is 15.4. The molecule has 1 aromatic heterocycles. The van der Waals surface area contributed by atoms with Crippen molar-refractivity contribution in [3.05, 3.63) is 81.8 Å². The van der Waals surface area contributed by atoms with Gasteiger partial charge in [0.15, 0.2) is 0 Å². The summed E-state index contributed by atoms with van der Waals surface area (Å²) in [6, 6.07) is 13.4. The Hall–Kier alpha value is -4.08. The summed E-state index contributed by atoms with van der Waals surface area (Å²) in [5.41, 5.74) is 2.18. The average Bonchev–Trinajstić information content (AvgIpc) is 3.35. The number of anilines is 1. The monoisotopic (exact) mass is 409 g/mol. The lowest BCUT2D eigenvalue weighted by Crippen LogP contribution is -2.29. The third-order valence-corrected chi connectivity index (χ3v) is 4.51. The van der Waals surface area contributed by atoms with Crippen LogP contribution in [0.4, 0.5) is 15.9 Å². The van der Waals surface area contributed by atoms with Crippen LogP contribution in [0.1, 0.15) is 17.7 Å². The molecule has 1 unspecified atom stereocenters. The second-order valence-electron chi connectivity index (χ2n) is 6.69. The van der Waals surface area contributed by atoms with Gasteiger partial charge in [-0.1, -0.05) is 17.3 Å². The number of nitro groups is 1. The zero-order valence-corrected chi connectivity index (χ0v) is 15.8. The number of benzene rings is 2. The molecule has 0 spiro atoms. The molecule has 0 radical (unpaired) electrons. The predicted octanol–water partition coefficient (Wildman–Crippen LogP) is 3.36. The van der Waals surface area contributed by atoms with Crippen molar-refractivity contribution in [1.29, 1.82) is 0 Å². The first-order chi connectivity index (χ1) is 14.4. The highest BCUT2D eigenvalue weighted by atomic mass is 19.1. The summed E-state index contributed by atoms with van der Waals surface area (Å²) in [4.78, 5) is 28.3. The summed E-state index contributed by atoms with van der Waals surface area (Å²) < 4.78 is 14.9. The molecule has 3 aromatic rings. The van der Waals surface area contributed by atoms with Crippen LogP contribution in [0.15, 0.2) is 59.8 Å². The van der Waals surface area contributed by atoms with Crippen LogP contribution in [-0.2, 0) is 9.63 Å². The number of carbonyl (C=O) groups excluding carboxylic acids is 1. The standard InChI is InChI=1S/C20H16FN5O4/c1-12-9-19(25(23-12)15-5-7-16(8-6-15)26(28)29)22-20(27)18-11-17(24-30-18)13-3-2-4-14(21)10-13/h2-10,18H,11H2,1H3,(H,22,27). The van der Waals surface area contributed by atoms with Gasteiger partial charge in [0.05, 0.1) is 22.0 Å². The Kier molecular flexibility index (Phi) is 4.97. The molecule has 0 saturated carbocycles. The van der Waals surface area contributed by atoms with Crippen LogP contribution in [0.25, 0.3) is 5.69 Å². The first-order valence-electron chi connectivity index (χ1n) is 9.02. The fourth-order valence-electron chi connectivity index (χ4n) is 3.06. The van der Waals surface area contributed by atoms with Gasteiger partial charge in [0.25, 0.3) is 11.6 Å². The van der Waals surface area contributed by atoms with E-state index in [9.17, 15) is 19.3 Å². The highest BCUT2D eigenvalue weighted by Gasteiger charge is 2.30. The van der Waals surface area contributed by atoms with E-state index in [0.29, 0.717) is 28.5 Å². The van der Waals surface area contributed by atoms with Gasteiger partial charge < -0.3 is 10.2 Å². The minimum absolute atomic E-state index is 0.0467. The van der Waals surface area contributed by atoms with E-state index in [1.165, 1.54) is 41.1 Å². The SMILES string of the molecule is Cc1cc(NC(=O)C2CC(c3cccc(F)c3)=NO2)n(-c2ccc([N+](=O)[O-])cc2)n1. The van der Waals surface area contributed by atoms with Crippen molar-refractivity contribution >= 4 is 23.1 Å². The van der Waals surface area contributed by atoms with Crippen molar-refractivity contribution in [3.8, 4) is 5.69 Å². The van der Waals surface area contributed by atoms with Gasteiger partial charge in [-0.25, -0.2) is 9.07 Å². The first kappa shape index (κ1) is 19.2. The van der Waals surface area contributed by atoms with Gasteiger partial charge in [-0.05, 0) is 31.2 Å². The molecule has 1 N–H and O–H groups in total.